The summed E-state index contributed by atoms with van der Waals surface area (Å²) in [4.78, 5) is 38.6. The van der Waals surface area contributed by atoms with Crippen molar-refractivity contribution in [3.8, 4) is 22.6 Å². The van der Waals surface area contributed by atoms with E-state index in [1.54, 1.807) is 19.2 Å². The van der Waals surface area contributed by atoms with E-state index in [4.69, 9.17) is 19.2 Å². The fourth-order valence-corrected chi connectivity index (χ4v) is 8.22. The van der Waals surface area contributed by atoms with Crippen molar-refractivity contribution >= 4 is 23.5 Å². The van der Waals surface area contributed by atoms with Crippen LogP contribution in [0.25, 0.3) is 11.1 Å². The van der Waals surface area contributed by atoms with Gasteiger partial charge in [-0.3, -0.25) is 14.5 Å². The fourth-order valence-electron chi connectivity index (χ4n) is 7.51. The average molecular weight is 730 g/mol. The zero-order valence-corrected chi connectivity index (χ0v) is 30.7. The summed E-state index contributed by atoms with van der Waals surface area (Å²) in [7, 11) is 1.52. The minimum Gasteiger partial charge on any atom is -0.450 e. The van der Waals surface area contributed by atoms with Crippen LogP contribution in [0.2, 0.25) is 0 Å². The van der Waals surface area contributed by atoms with Crippen LogP contribution in [0.15, 0.2) is 40.2 Å². The van der Waals surface area contributed by atoms with Gasteiger partial charge in [-0.2, -0.15) is 13.2 Å². The van der Waals surface area contributed by atoms with Crippen LogP contribution in [0.4, 0.5) is 19.0 Å². The molecule has 1 aromatic carbocycles. The Kier molecular flexibility index (Phi) is 10.9. The van der Waals surface area contributed by atoms with Crippen molar-refractivity contribution < 1.29 is 32.2 Å². The molecule has 6 rings (SSSR count). The lowest BCUT2D eigenvalue weighted by Crippen LogP contribution is -2.45. The van der Waals surface area contributed by atoms with Crippen molar-refractivity contribution in [1.82, 2.24) is 20.2 Å². The summed E-state index contributed by atoms with van der Waals surface area (Å²) < 4.78 is 58.1. The first-order valence-corrected chi connectivity index (χ1v) is 18.6. The number of anilines is 1. The molecule has 3 unspecified atom stereocenters. The van der Waals surface area contributed by atoms with Crippen LogP contribution in [0.1, 0.15) is 66.7 Å². The summed E-state index contributed by atoms with van der Waals surface area (Å²) in [6.45, 7) is 8.23. The maximum absolute atomic E-state index is 13.9. The molecule has 1 aliphatic carbocycles. The molecule has 2 fully saturated rings. The summed E-state index contributed by atoms with van der Waals surface area (Å²) >= 11 is 1.44. The van der Waals surface area contributed by atoms with E-state index in [1.807, 2.05) is 45.2 Å². The quantitative estimate of drug-likeness (QED) is 0.240. The predicted molar refractivity (Wildman–Crippen MR) is 191 cm³/mol. The molecule has 0 radical (unpaired) electrons. The van der Waals surface area contributed by atoms with Crippen molar-refractivity contribution in [2.24, 2.45) is 5.92 Å². The van der Waals surface area contributed by atoms with Crippen LogP contribution in [0, 0.1) is 19.8 Å². The number of nitrogens with zero attached hydrogens (tertiary/aromatic N) is 3. The number of benzene rings is 1. The normalized spacial score (nSPS) is 23.5. The number of pyridine rings is 2. The van der Waals surface area contributed by atoms with E-state index >= 15 is 0 Å². The molecule has 0 bridgehead atoms. The number of ether oxygens (including phenoxy) is 3. The molecule has 2 N–H and O–H groups in total. The molecule has 10 nitrogen and oxygen atoms in total. The second-order valence-electron chi connectivity index (χ2n) is 14.0. The maximum atomic E-state index is 13.9. The standard InChI is InChI=1S/C37H46F3N5O5S/c1-20-13-30(51-6)29(35(47)43-20)16-42-34(46)27-14-28(25-9-12-31(41-15-25)45-17-21(2)48-22(3)18-45)33-32(23(27)4)49-36(50-33)24-7-10-26(11-8-24)44(5)19-37(38,39)40/h9,12-15,21-22,24,26,36H,7-8,10-11,16-19H2,1-6H3,(H,42,46)(H,43,47). The van der Waals surface area contributed by atoms with Gasteiger partial charge >= 0.3 is 6.18 Å². The second-order valence-corrected chi connectivity index (χ2v) is 14.9. The molecule has 3 aliphatic rings. The molecule has 276 valence electrons. The summed E-state index contributed by atoms with van der Waals surface area (Å²) in [5.41, 5.74) is 3.31. The van der Waals surface area contributed by atoms with Gasteiger partial charge in [0.25, 0.3) is 11.5 Å². The monoisotopic (exact) mass is 729 g/mol. The first kappa shape index (κ1) is 37.0. The fraction of sp³-hybridized carbons (Fsp3) is 0.541. The second kappa shape index (κ2) is 15.1. The molecule has 51 heavy (non-hydrogen) atoms. The molecule has 3 atom stereocenters. The van der Waals surface area contributed by atoms with Crippen LogP contribution in [0.5, 0.6) is 11.5 Å². The number of H-pyrrole nitrogens is 1. The first-order chi connectivity index (χ1) is 24.2. The van der Waals surface area contributed by atoms with Crippen molar-refractivity contribution in [3.63, 3.8) is 0 Å². The van der Waals surface area contributed by atoms with Crippen molar-refractivity contribution in [2.75, 3.05) is 37.8 Å². The Hall–Kier alpha value is -3.75. The number of alkyl halides is 3. The number of hydrogen-bond donors (Lipinski definition) is 2. The van der Waals surface area contributed by atoms with E-state index in [-0.39, 0.29) is 42.2 Å². The minimum absolute atomic E-state index is 0.0368. The Balaban J connectivity index is 1.27. The minimum atomic E-state index is -4.25. The molecule has 0 spiro atoms. The van der Waals surface area contributed by atoms with Gasteiger partial charge in [0, 0.05) is 76.2 Å². The van der Waals surface area contributed by atoms with E-state index < -0.39 is 19.0 Å². The lowest BCUT2D eigenvalue weighted by molar-refractivity contribution is -0.149. The number of thioether (sulfide) groups is 1. The van der Waals surface area contributed by atoms with Crippen LogP contribution >= 0.6 is 11.8 Å². The molecule has 1 saturated heterocycles. The lowest BCUT2D eigenvalue weighted by atomic mass is 9.85. The van der Waals surface area contributed by atoms with E-state index in [1.165, 1.54) is 23.7 Å². The number of carbonyl (C=O) groups is 1. The number of aromatic nitrogens is 2. The van der Waals surface area contributed by atoms with Gasteiger partial charge in [0.15, 0.2) is 11.5 Å². The molecular formula is C37H46F3N5O5S. The van der Waals surface area contributed by atoms with Crippen LogP contribution in [-0.4, -0.2) is 84.4 Å². The van der Waals surface area contributed by atoms with Gasteiger partial charge in [-0.05, 0) is 90.9 Å². The Morgan fingerprint density at radius 2 is 1.76 bits per heavy atom. The van der Waals surface area contributed by atoms with Gasteiger partial charge in [0.2, 0.25) is 6.29 Å². The number of rotatable bonds is 9. The summed E-state index contributed by atoms with van der Waals surface area (Å²) in [5.74, 6) is 1.37. The molecular weight excluding hydrogens is 683 g/mol. The zero-order chi connectivity index (χ0) is 36.6. The molecule has 14 heteroatoms. The number of amides is 1. The van der Waals surface area contributed by atoms with E-state index in [2.05, 4.69) is 15.2 Å². The van der Waals surface area contributed by atoms with Gasteiger partial charge in [-0.15, -0.1) is 11.8 Å². The summed E-state index contributed by atoms with van der Waals surface area (Å²) in [6.07, 6.45) is 1.37. The lowest BCUT2D eigenvalue weighted by Gasteiger charge is -2.36. The third-order valence-electron chi connectivity index (χ3n) is 10.1. The zero-order valence-electron chi connectivity index (χ0n) is 29.9. The van der Waals surface area contributed by atoms with Crippen LogP contribution < -0.4 is 25.2 Å². The van der Waals surface area contributed by atoms with Gasteiger partial charge in [0.05, 0.1) is 18.8 Å². The molecule has 4 heterocycles. The highest BCUT2D eigenvalue weighted by Gasteiger charge is 2.40. The largest absolute Gasteiger partial charge is 0.450 e. The topological polar surface area (TPSA) is 109 Å². The van der Waals surface area contributed by atoms with E-state index in [9.17, 15) is 22.8 Å². The van der Waals surface area contributed by atoms with Crippen molar-refractivity contribution in [2.45, 2.75) is 95.5 Å². The number of aryl methyl sites for hydroxylation is 1. The molecule has 1 saturated carbocycles. The highest BCUT2D eigenvalue weighted by atomic mass is 32.2. The smallest absolute Gasteiger partial charge is 0.401 e. The highest BCUT2D eigenvalue weighted by Crippen LogP contribution is 2.49. The number of nitrogens with one attached hydrogen (secondary N) is 2. The highest BCUT2D eigenvalue weighted by molar-refractivity contribution is 7.98. The van der Waals surface area contributed by atoms with Crippen LogP contribution in [-0.2, 0) is 11.3 Å². The number of aromatic amines is 1. The first-order valence-electron chi connectivity index (χ1n) is 17.4. The van der Waals surface area contributed by atoms with Gasteiger partial charge in [-0.1, -0.05) is 0 Å². The summed E-state index contributed by atoms with van der Waals surface area (Å²) in [5, 5.41) is 2.94. The van der Waals surface area contributed by atoms with Crippen molar-refractivity contribution in [3.05, 3.63) is 63.2 Å². The molecule has 1 amide bonds. The Morgan fingerprint density at radius 1 is 1.08 bits per heavy atom. The van der Waals surface area contributed by atoms with Gasteiger partial charge < -0.3 is 29.4 Å². The third kappa shape index (κ3) is 8.33. The molecule has 3 aromatic rings. The Labute approximate surface area is 300 Å². The average Bonchev–Trinajstić information content (AvgIpc) is 3.53. The number of morpholine rings is 1. The van der Waals surface area contributed by atoms with E-state index in [0.717, 1.165) is 35.1 Å². The molecule has 2 aromatic heterocycles. The summed E-state index contributed by atoms with van der Waals surface area (Å²) in [6, 6.07) is 7.39. The number of fused-ring (bicyclic) bond motifs is 1. The SMILES string of the molecule is CSc1cc(C)[nH]c(=O)c1CNC(=O)c1cc(-c2ccc(N3CC(C)OC(C)C3)nc2)c2c(c1C)OC(C1CCC(N(C)CC(F)(F)F)CC1)O2. The molecule has 2 aliphatic heterocycles. The van der Waals surface area contributed by atoms with E-state index in [0.29, 0.717) is 59.4 Å². The maximum Gasteiger partial charge on any atom is 0.401 e. The number of carbonyl (C=O) groups excluding carboxylic acids is 1. The van der Waals surface area contributed by atoms with Crippen molar-refractivity contribution in [1.29, 1.82) is 0 Å². The van der Waals surface area contributed by atoms with Gasteiger partial charge in [-0.25, -0.2) is 4.98 Å². The Morgan fingerprint density at radius 3 is 2.39 bits per heavy atom. The number of hydrogen-bond acceptors (Lipinski definition) is 9. The Bertz CT molecular complexity index is 1780. The number of halogens is 3. The third-order valence-corrected chi connectivity index (χ3v) is 10.9. The van der Waals surface area contributed by atoms with Crippen LogP contribution in [0.3, 0.4) is 0 Å². The van der Waals surface area contributed by atoms with Gasteiger partial charge in [0.1, 0.15) is 5.82 Å². The predicted octanol–water partition coefficient (Wildman–Crippen LogP) is 6.47.